The molecule has 1 fully saturated rings. The molecule has 0 aromatic heterocycles. The van der Waals surface area contributed by atoms with Gasteiger partial charge in [0, 0.05) is 26.2 Å². The van der Waals surface area contributed by atoms with Crippen molar-refractivity contribution in [3.8, 4) is 0 Å². The molecule has 0 bridgehead atoms. The van der Waals surface area contributed by atoms with Gasteiger partial charge < -0.3 is 10.6 Å². The van der Waals surface area contributed by atoms with Crippen LogP contribution < -0.4 is 5.73 Å². The predicted molar refractivity (Wildman–Crippen MR) is 101 cm³/mol. The van der Waals surface area contributed by atoms with Crippen molar-refractivity contribution in [2.24, 2.45) is 11.7 Å². The van der Waals surface area contributed by atoms with E-state index in [0.717, 1.165) is 12.1 Å². The Kier molecular flexibility index (Phi) is 8.46. The number of halogens is 2. The lowest BCUT2D eigenvalue weighted by Crippen LogP contribution is -2.46. The second-order valence-electron chi connectivity index (χ2n) is 6.77. The molecule has 0 unspecified atom stereocenters. The maximum atomic E-state index is 13.0. The van der Waals surface area contributed by atoms with Gasteiger partial charge in [-0.05, 0) is 43.0 Å². The average Bonchev–Trinajstić information content (AvgIpc) is 2.80. The minimum Gasteiger partial charge on any atom is -0.340 e. The molecule has 1 aliphatic heterocycles. The van der Waals surface area contributed by atoms with Gasteiger partial charge in [-0.1, -0.05) is 13.8 Å². The third-order valence-corrected chi connectivity index (χ3v) is 6.17. The third-order valence-electron chi connectivity index (χ3n) is 4.26. The van der Waals surface area contributed by atoms with E-state index < -0.39 is 21.9 Å². The van der Waals surface area contributed by atoms with Crippen LogP contribution in [0.4, 0.5) is 4.39 Å². The van der Waals surface area contributed by atoms with Gasteiger partial charge >= 0.3 is 0 Å². The number of rotatable bonds is 5. The molecule has 1 amide bonds. The van der Waals surface area contributed by atoms with Crippen molar-refractivity contribution in [2.45, 2.75) is 37.6 Å². The highest BCUT2D eigenvalue weighted by atomic mass is 35.5. The zero-order chi connectivity index (χ0) is 18.6. The standard InChI is InChI=1S/C17H26FN3O3S.ClH/c1-13(2)12-16(19)17(22)20-8-3-9-21(11-10-20)25(23,24)15-6-4-14(18)5-7-15;/h4-7,13,16H,3,8-12,19H2,1-2H3;1H/t16-;/m0./s1. The first kappa shape index (κ1) is 22.8. The molecular formula is C17H27ClFN3O3S. The lowest BCUT2D eigenvalue weighted by molar-refractivity contribution is -0.132. The minimum absolute atomic E-state index is 0. The lowest BCUT2D eigenvalue weighted by atomic mass is 10.0. The van der Waals surface area contributed by atoms with Crippen LogP contribution in [0.5, 0.6) is 0 Å². The summed E-state index contributed by atoms with van der Waals surface area (Å²) < 4.78 is 39.7. The van der Waals surface area contributed by atoms with Crippen LogP contribution >= 0.6 is 12.4 Å². The fourth-order valence-corrected chi connectivity index (χ4v) is 4.42. The summed E-state index contributed by atoms with van der Waals surface area (Å²) in [6, 6.07) is 4.23. The molecule has 0 aliphatic carbocycles. The van der Waals surface area contributed by atoms with E-state index in [2.05, 4.69) is 0 Å². The maximum Gasteiger partial charge on any atom is 0.243 e. The monoisotopic (exact) mass is 407 g/mol. The Morgan fingerprint density at radius 3 is 2.35 bits per heavy atom. The Hall–Kier alpha value is -1.22. The number of carbonyl (C=O) groups excluding carboxylic acids is 1. The van der Waals surface area contributed by atoms with Gasteiger partial charge in [-0.25, -0.2) is 12.8 Å². The normalized spacial score (nSPS) is 17.5. The summed E-state index contributed by atoms with van der Waals surface area (Å²) in [5, 5.41) is 0. The number of nitrogens with zero attached hydrogens (tertiary/aromatic N) is 2. The molecule has 26 heavy (non-hydrogen) atoms. The maximum absolute atomic E-state index is 13.0. The molecule has 148 valence electrons. The molecular weight excluding hydrogens is 381 g/mol. The van der Waals surface area contributed by atoms with Gasteiger partial charge in [0.25, 0.3) is 0 Å². The van der Waals surface area contributed by atoms with Gasteiger partial charge in [0.1, 0.15) is 5.82 Å². The topological polar surface area (TPSA) is 83.7 Å². The third kappa shape index (κ3) is 5.64. The summed E-state index contributed by atoms with van der Waals surface area (Å²) in [4.78, 5) is 14.1. The van der Waals surface area contributed by atoms with Crippen molar-refractivity contribution >= 4 is 28.3 Å². The van der Waals surface area contributed by atoms with Crippen molar-refractivity contribution in [1.29, 1.82) is 0 Å². The van der Waals surface area contributed by atoms with Crippen LogP contribution in [-0.2, 0) is 14.8 Å². The molecule has 1 atom stereocenters. The molecule has 0 radical (unpaired) electrons. The molecule has 9 heteroatoms. The molecule has 6 nitrogen and oxygen atoms in total. The highest BCUT2D eigenvalue weighted by Crippen LogP contribution is 2.18. The van der Waals surface area contributed by atoms with Crippen LogP contribution in [0.25, 0.3) is 0 Å². The van der Waals surface area contributed by atoms with Crippen LogP contribution in [0.3, 0.4) is 0 Å². The van der Waals surface area contributed by atoms with E-state index in [1.165, 1.54) is 16.4 Å². The molecule has 1 aliphatic rings. The number of nitrogens with two attached hydrogens (primary N) is 1. The van der Waals surface area contributed by atoms with Gasteiger partial charge in [0.05, 0.1) is 10.9 Å². The number of carbonyl (C=O) groups is 1. The van der Waals surface area contributed by atoms with E-state index in [0.29, 0.717) is 38.4 Å². The zero-order valence-corrected chi connectivity index (χ0v) is 16.7. The van der Waals surface area contributed by atoms with E-state index in [1.54, 1.807) is 4.90 Å². The van der Waals surface area contributed by atoms with Crippen molar-refractivity contribution in [3.63, 3.8) is 0 Å². The molecule has 0 saturated carbocycles. The fourth-order valence-electron chi connectivity index (χ4n) is 2.95. The van der Waals surface area contributed by atoms with Crippen LogP contribution in [0.15, 0.2) is 29.2 Å². The van der Waals surface area contributed by atoms with Crippen molar-refractivity contribution in [2.75, 3.05) is 26.2 Å². The van der Waals surface area contributed by atoms with Crippen LogP contribution in [0.1, 0.15) is 26.7 Å². The van der Waals surface area contributed by atoms with E-state index in [1.807, 2.05) is 13.8 Å². The number of sulfonamides is 1. The summed E-state index contributed by atoms with van der Waals surface area (Å²) in [7, 11) is -3.69. The van der Waals surface area contributed by atoms with Gasteiger partial charge in [0.15, 0.2) is 0 Å². The molecule has 2 N–H and O–H groups in total. The summed E-state index contributed by atoms with van der Waals surface area (Å²) in [6.07, 6.45) is 1.15. The van der Waals surface area contributed by atoms with E-state index >= 15 is 0 Å². The van der Waals surface area contributed by atoms with Gasteiger partial charge in [-0.3, -0.25) is 4.79 Å². The first-order chi connectivity index (χ1) is 11.7. The van der Waals surface area contributed by atoms with E-state index in [4.69, 9.17) is 5.73 Å². The van der Waals surface area contributed by atoms with E-state index in [-0.39, 0.29) is 29.8 Å². The Morgan fingerprint density at radius 2 is 1.77 bits per heavy atom. The predicted octanol–water partition coefficient (Wildman–Crippen LogP) is 1.84. The van der Waals surface area contributed by atoms with Crippen LogP contribution in [-0.4, -0.2) is 55.8 Å². The minimum atomic E-state index is -3.69. The number of benzene rings is 1. The first-order valence-electron chi connectivity index (χ1n) is 8.52. The summed E-state index contributed by atoms with van der Waals surface area (Å²) in [5.41, 5.74) is 5.97. The first-order valence-corrected chi connectivity index (χ1v) is 9.96. The largest absolute Gasteiger partial charge is 0.340 e. The zero-order valence-electron chi connectivity index (χ0n) is 15.1. The number of amides is 1. The highest BCUT2D eigenvalue weighted by molar-refractivity contribution is 7.89. The van der Waals surface area contributed by atoms with Crippen molar-refractivity contribution in [3.05, 3.63) is 30.1 Å². The Morgan fingerprint density at radius 1 is 1.15 bits per heavy atom. The Labute approximate surface area is 161 Å². The number of hydrogen-bond acceptors (Lipinski definition) is 4. The molecule has 0 spiro atoms. The van der Waals surface area contributed by atoms with Gasteiger partial charge in [-0.2, -0.15) is 4.31 Å². The average molecular weight is 408 g/mol. The van der Waals surface area contributed by atoms with Crippen molar-refractivity contribution < 1.29 is 17.6 Å². The lowest BCUT2D eigenvalue weighted by Gasteiger charge is -2.25. The van der Waals surface area contributed by atoms with E-state index in [9.17, 15) is 17.6 Å². The summed E-state index contributed by atoms with van der Waals surface area (Å²) in [6.45, 7) is 5.34. The van der Waals surface area contributed by atoms with Gasteiger partial charge in [0.2, 0.25) is 15.9 Å². The molecule has 1 heterocycles. The quantitative estimate of drug-likeness (QED) is 0.807. The Balaban J connectivity index is 0.00000338. The molecule has 1 aromatic carbocycles. The van der Waals surface area contributed by atoms with Crippen LogP contribution in [0.2, 0.25) is 0 Å². The fraction of sp³-hybridized carbons (Fsp3) is 0.588. The second-order valence-corrected chi connectivity index (χ2v) is 8.71. The van der Waals surface area contributed by atoms with Gasteiger partial charge in [-0.15, -0.1) is 12.4 Å². The SMILES string of the molecule is CC(C)C[C@H](N)C(=O)N1CCCN(S(=O)(=O)c2ccc(F)cc2)CC1.Cl. The molecule has 1 saturated heterocycles. The number of hydrogen-bond donors (Lipinski definition) is 1. The molecule has 2 rings (SSSR count). The smallest absolute Gasteiger partial charge is 0.243 e. The summed E-state index contributed by atoms with van der Waals surface area (Å²) >= 11 is 0. The van der Waals surface area contributed by atoms with Crippen molar-refractivity contribution in [1.82, 2.24) is 9.21 Å². The summed E-state index contributed by atoms with van der Waals surface area (Å²) in [5.74, 6) is -0.290. The Bertz CT molecular complexity index is 698. The highest BCUT2D eigenvalue weighted by Gasteiger charge is 2.29. The molecule has 1 aromatic rings. The van der Waals surface area contributed by atoms with Crippen LogP contribution in [0, 0.1) is 11.7 Å². The second kappa shape index (κ2) is 9.64.